The van der Waals surface area contributed by atoms with Crippen molar-refractivity contribution in [2.45, 2.75) is 43.6 Å². The Morgan fingerprint density at radius 2 is 2.00 bits per heavy atom. The Labute approximate surface area is 130 Å². The Morgan fingerprint density at radius 1 is 1.25 bits per heavy atom. The van der Waals surface area contributed by atoms with Crippen LogP contribution in [0.25, 0.3) is 0 Å². The minimum absolute atomic E-state index is 0.217. The number of rotatable bonds is 7. The second-order valence-corrected chi connectivity index (χ2v) is 6.09. The van der Waals surface area contributed by atoms with Gasteiger partial charge < -0.3 is 4.74 Å². The van der Waals surface area contributed by atoms with Crippen LogP contribution < -0.4 is 0 Å². The Bertz CT molecular complexity index is 415. The molecule has 0 bridgehead atoms. The van der Waals surface area contributed by atoms with E-state index in [1.54, 1.807) is 12.1 Å². The molecule has 1 aromatic rings. The molecule has 1 fully saturated rings. The summed E-state index contributed by atoms with van der Waals surface area (Å²) in [5.74, 6) is 0.456. The van der Waals surface area contributed by atoms with Gasteiger partial charge in [0.2, 0.25) is 0 Å². The second-order valence-electron chi connectivity index (χ2n) is 5.55. The van der Waals surface area contributed by atoms with E-state index in [2.05, 4.69) is 0 Å². The first-order valence-corrected chi connectivity index (χ1v) is 8.27. The normalized spacial score (nSPS) is 19.4. The first-order chi connectivity index (χ1) is 9.72. The van der Waals surface area contributed by atoms with Gasteiger partial charge in [-0.25, -0.2) is 4.39 Å². The molecule has 1 aromatic carbocycles. The average Bonchev–Trinajstić information content (AvgIpc) is 2.98. The van der Waals surface area contributed by atoms with Crippen LogP contribution >= 0.6 is 23.2 Å². The van der Waals surface area contributed by atoms with Crippen LogP contribution in [0.1, 0.15) is 37.7 Å². The van der Waals surface area contributed by atoms with E-state index < -0.39 is 5.41 Å². The standard InChI is InChI=1S/C16H21Cl2FO/c17-11-16(12-18,14-7-1-2-8-15(14)19)9-3-5-13-6-4-10-20-13/h1-2,7-8,13H,3-6,9-12H2. The van der Waals surface area contributed by atoms with Gasteiger partial charge in [0.25, 0.3) is 0 Å². The highest BCUT2D eigenvalue weighted by Gasteiger charge is 2.33. The van der Waals surface area contributed by atoms with Crippen LogP contribution in [0.2, 0.25) is 0 Å². The van der Waals surface area contributed by atoms with E-state index >= 15 is 0 Å². The lowest BCUT2D eigenvalue weighted by Crippen LogP contribution is -2.32. The quantitative estimate of drug-likeness (QED) is 0.650. The summed E-state index contributed by atoms with van der Waals surface area (Å²) in [4.78, 5) is 0. The highest BCUT2D eigenvalue weighted by Crippen LogP contribution is 2.35. The zero-order valence-corrected chi connectivity index (χ0v) is 13.1. The lowest BCUT2D eigenvalue weighted by atomic mass is 9.79. The van der Waals surface area contributed by atoms with Gasteiger partial charge in [-0.1, -0.05) is 18.2 Å². The van der Waals surface area contributed by atoms with E-state index in [-0.39, 0.29) is 5.82 Å². The summed E-state index contributed by atoms with van der Waals surface area (Å²) >= 11 is 12.3. The maximum atomic E-state index is 14.0. The van der Waals surface area contributed by atoms with E-state index in [9.17, 15) is 4.39 Å². The molecule has 0 amide bonds. The molecule has 1 unspecified atom stereocenters. The molecule has 1 atom stereocenters. The molecular weight excluding hydrogens is 298 g/mol. The van der Waals surface area contributed by atoms with Crippen molar-refractivity contribution in [3.8, 4) is 0 Å². The fraction of sp³-hybridized carbons (Fsp3) is 0.625. The summed E-state index contributed by atoms with van der Waals surface area (Å²) in [6.45, 7) is 0.869. The van der Waals surface area contributed by atoms with Crippen molar-refractivity contribution in [2.75, 3.05) is 18.4 Å². The second kappa shape index (κ2) is 7.63. The SMILES string of the molecule is Fc1ccccc1C(CCl)(CCl)CCCC1CCCO1. The van der Waals surface area contributed by atoms with Gasteiger partial charge in [-0.2, -0.15) is 0 Å². The maximum absolute atomic E-state index is 14.0. The molecule has 1 saturated heterocycles. The van der Waals surface area contributed by atoms with Gasteiger partial charge in [0.15, 0.2) is 0 Å². The third kappa shape index (κ3) is 3.66. The number of alkyl halides is 2. The summed E-state index contributed by atoms with van der Waals surface area (Å²) < 4.78 is 19.7. The predicted molar refractivity (Wildman–Crippen MR) is 82.3 cm³/mol. The van der Waals surface area contributed by atoms with Crippen LogP contribution in [0.4, 0.5) is 4.39 Å². The van der Waals surface area contributed by atoms with Crippen LogP contribution in [-0.2, 0) is 10.2 Å². The first kappa shape index (κ1) is 16.1. The average molecular weight is 319 g/mol. The minimum atomic E-state index is -0.479. The Balaban J connectivity index is 2.03. The zero-order chi connectivity index (χ0) is 14.4. The van der Waals surface area contributed by atoms with E-state index in [4.69, 9.17) is 27.9 Å². The molecule has 2 rings (SSSR count). The van der Waals surface area contributed by atoms with Crippen molar-refractivity contribution in [1.82, 2.24) is 0 Å². The van der Waals surface area contributed by atoms with E-state index in [1.165, 1.54) is 6.07 Å². The topological polar surface area (TPSA) is 9.23 Å². The van der Waals surface area contributed by atoms with E-state index in [0.717, 1.165) is 38.7 Å². The number of ether oxygens (including phenoxy) is 1. The van der Waals surface area contributed by atoms with Crippen molar-refractivity contribution >= 4 is 23.2 Å². The van der Waals surface area contributed by atoms with Gasteiger partial charge >= 0.3 is 0 Å². The molecule has 4 heteroatoms. The van der Waals surface area contributed by atoms with Crippen LogP contribution in [0.15, 0.2) is 24.3 Å². The molecule has 1 heterocycles. The highest BCUT2D eigenvalue weighted by atomic mass is 35.5. The molecule has 112 valence electrons. The van der Waals surface area contributed by atoms with Gasteiger partial charge in [0.05, 0.1) is 6.10 Å². The van der Waals surface area contributed by atoms with Crippen molar-refractivity contribution in [3.63, 3.8) is 0 Å². The number of halogens is 3. The maximum Gasteiger partial charge on any atom is 0.127 e. The summed E-state index contributed by atoms with van der Waals surface area (Å²) in [6, 6.07) is 6.81. The summed E-state index contributed by atoms with van der Waals surface area (Å²) in [7, 11) is 0. The minimum Gasteiger partial charge on any atom is -0.378 e. The monoisotopic (exact) mass is 318 g/mol. The fourth-order valence-electron chi connectivity index (χ4n) is 2.88. The lowest BCUT2D eigenvalue weighted by molar-refractivity contribution is 0.100. The van der Waals surface area contributed by atoms with Gasteiger partial charge in [0, 0.05) is 23.8 Å². The van der Waals surface area contributed by atoms with Crippen molar-refractivity contribution in [3.05, 3.63) is 35.6 Å². The van der Waals surface area contributed by atoms with Crippen molar-refractivity contribution in [1.29, 1.82) is 0 Å². The number of hydrogen-bond acceptors (Lipinski definition) is 1. The fourth-order valence-corrected chi connectivity index (χ4v) is 3.72. The molecule has 0 spiro atoms. The molecule has 1 aliphatic rings. The molecular formula is C16H21Cl2FO. The molecule has 0 aliphatic carbocycles. The van der Waals surface area contributed by atoms with E-state index in [1.807, 2.05) is 6.07 Å². The van der Waals surface area contributed by atoms with Gasteiger partial charge in [0.1, 0.15) is 5.82 Å². The lowest BCUT2D eigenvalue weighted by Gasteiger charge is -2.31. The molecule has 0 aromatic heterocycles. The third-order valence-electron chi connectivity index (χ3n) is 4.16. The third-order valence-corrected chi connectivity index (χ3v) is 5.19. The van der Waals surface area contributed by atoms with Gasteiger partial charge in [-0.05, 0) is 43.7 Å². The molecule has 0 N–H and O–H groups in total. The van der Waals surface area contributed by atoms with E-state index in [0.29, 0.717) is 23.4 Å². The zero-order valence-electron chi connectivity index (χ0n) is 11.6. The van der Waals surface area contributed by atoms with Crippen LogP contribution in [0.5, 0.6) is 0 Å². The first-order valence-electron chi connectivity index (χ1n) is 7.20. The number of benzene rings is 1. The molecule has 1 aliphatic heterocycles. The van der Waals surface area contributed by atoms with Crippen LogP contribution in [-0.4, -0.2) is 24.5 Å². The van der Waals surface area contributed by atoms with Gasteiger partial charge in [-0.15, -0.1) is 23.2 Å². The molecule has 20 heavy (non-hydrogen) atoms. The highest BCUT2D eigenvalue weighted by molar-refractivity contribution is 6.22. The molecule has 0 saturated carbocycles. The summed E-state index contributed by atoms with van der Waals surface area (Å²) in [5.41, 5.74) is 0.157. The Hall–Kier alpha value is -0.310. The summed E-state index contributed by atoms with van der Waals surface area (Å²) in [6.07, 6.45) is 5.39. The molecule has 1 nitrogen and oxygen atoms in total. The van der Waals surface area contributed by atoms with Gasteiger partial charge in [-0.3, -0.25) is 0 Å². The largest absolute Gasteiger partial charge is 0.378 e. The summed E-state index contributed by atoms with van der Waals surface area (Å²) in [5, 5.41) is 0. The Morgan fingerprint density at radius 3 is 2.60 bits per heavy atom. The van der Waals surface area contributed by atoms with Crippen LogP contribution in [0.3, 0.4) is 0 Å². The number of hydrogen-bond donors (Lipinski definition) is 0. The Kier molecular flexibility index (Phi) is 6.13. The van der Waals surface area contributed by atoms with Crippen LogP contribution in [0, 0.1) is 5.82 Å². The predicted octanol–water partition coefficient (Wildman–Crippen LogP) is 4.89. The smallest absolute Gasteiger partial charge is 0.127 e. The van der Waals surface area contributed by atoms with Crippen molar-refractivity contribution in [2.24, 2.45) is 0 Å². The molecule has 0 radical (unpaired) electrons. The van der Waals surface area contributed by atoms with Crippen molar-refractivity contribution < 1.29 is 9.13 Å².